The molecule has 2 rings (SSSR count). The molecule has 2 N–H and O–H groups in total. The molecule has 5 heteroatoms. The van der Waals surface area contributed by atoms with E-state index in [0.717, 1.165) is 0 Å². The Morgan fingerprint density at radius 2 is 2.36 bits per heavy atom. The fourth-order valence-corrected chi connectivity index (χ4v) is 1.31. The number of pyridine rings is 1. The maximum Gasteiger partial charge on any atom is 0.359 e. The third kappa shape index (κ3) is 1.10. The number of rotatable bonds is 1. The van der Waals surface area contributed by atoms with Gasteiger partial charge in [0.1, 0.15) is 0 Å². The summed E-state index contributed by atoms with van der Waals surface area (Å²) >= 11 is 0. The first-order valence-electron chi connectivity index (χ1n) is 4.05. The number of hydrogen-bond acceptors (Lipinski definition) is 4. The summed E-state index contributed by atoms with van der Waals surface area (Å²) in [6, 6.07) is 5.38. The van der Waals surface area contributed by atoms with Crippen molar-refractivity contribution >= 4 is 17.4 Å². The van der Waals surface area contributed by atoms with E-state index in [-0.39, 0.29) is 11.6 Å². The molecule has 2 heterocycles. The van der Waals surface area contributed by atoms with Gasteiger partial charge in [0.15, 0.2) is 5.69 Å². The highest BCUT2D eigenvalue weighted by atomic mass is 16.5. The number of anilines is 1. The van der Waals surface area contributed by atoms with Crippen LogP contribution in [-0.2, 0) is 4.74 Å². The van der Waals surface area contributed by atoms with Crippen LogP contribution < -0.4 is 5.73 Å². The number of esters is 1. The number of nitrogens with zero attached hydrogens (tertiary/aromatic N) is 2. The molecule has 0 fully saturated rings. The smallest absolute Gasteiger partial charge is 0.359 e. The lowest BCUT2D eigenvalue weighted by molar-refractivity contribution is 0.0597. The van der Waals surface area contributed by atoms with E-state index in [1.807, 2.05) is 12.1 Å². The molecule has 0 aliphatic carbocycles. The number of methoxy groups -OCH3 is 1. The van der Waals surface area contributed by atoms with E-state index >= 15 is 0 Å². The number of carbonyl (C=O) groups excluding carboxylic acids is 1. The molecule has 2 aromatic rings. The van der Waals surface area contributed by atoms with E-state index in [2.05, 4.69) is 9.72 Å². The van der Waals surface area contributed by atoms with E-state index in [4.69, 9.17) is 5.73 Å². The van der Waals surface area contributed by atoms with Crippen molar-refractivity contribution in [2.45, 2.75) is 0 Å². The maximum atomic E-state index is 11.3. The monoisotopic (exact) mass is 191 g/mol. The van der Waals surface area contributed by atoms with Gasteiger partial charge in [-0.15, -0.1) is 0 Å². The molecule has 72 valence electrons. The normalized spacial score (nSPS) is 10.4. The summed E-state index contributed by atoms with van der Waals surface area (Å²) < 4.78 is 6.22. The van der Waals surface area contributed by atoms with Gasteiger partial charge < -0.3 is 10.5 Å². The van der Waals surface area contributed by atoms with Crippen LogP contribution in [0.5, 0.6) is 0 Å². The van der Waals surface area contributed by atoms with Crippen molar-refractivity contribution in [3.8, 4) is 0 Å². The Bertz CT molecular complexity index is 490. The molecule has 5 nitrogen and oxygen atoms in total. The number of ether oxygens (including phenoxy) is 1. The summed E-state index contributed by atoms with van der Waals surface area (Å²) in [7, 11) is 1.31. The summed E-state index contributed by atoms with van der Waals surface area (Å²) in [4.78, 5) is 15.2. The Kier molecular flexibility index (Phi) is 1.85. The van der Waals surface area contributed by atoms with E-state index in [1.165, 1.54) is 7.11 Å². The third-order valence-corrected chi connectivity index (χ3v) is 1.95. The van der Waals surface area contributed by atoms with Crippen LogP contribution in [0, 0.1) is 0 Å². The topological polar surface area (TPSA) is 69.6 Å². The van der Waals surface area contributed by atoms with Gasteiger partial charge in [0.25, 0.3) is 0 Å². The van der Waals surface area contributed by atoms with Crippen LogP contribution >= 0.6 is 0 Å². The van der Waals surface area contributed by atoms with Crippen LogP contribution in [0.3, 0.4) is 0 Å². The number of imidazole rings is 1. The van der Waals surface area contributed by atoms with Gasteiger partial charge in [0, 0.05) is 6.20 Å². The Morgan fingerprint density at radius 3 is 3.07 bits per heavy atom. The molecule has 0 atom stereocenters. The lowest BCUT2D eigenvalue weighted by Crippen LogP contribution is -2.02. The number of fused-ring (bicyclic) bond motifs is 1. The van der Waals surface area contributed by atoms with Gasteiger partial charge in [-0.3, -0.25) is 4.40 Å². The maximum absolute atomic E-state index is 11.3. The van der Waals surface area contributed by atoms with Gasteiger partial charge in [-0.1, -0.05) is 6.07 Å². The van der Waals surface area contributed by atoms with Gasteiger partial charge in [-0.2, -0.15) is 0 Å². The van der Waals surface area contributed by atoms with Crippen LogP contribution in [0.1, 0.15) is 10.5 Å². The zero-order valence-corrected chi connectivity index (χ0v) is 7.60. The van der Waals surface area contributed by atoms with Gasteiger partial charge in [0.05, 0.1) is 12.6 Å². The van der Waals surface area contributed by atoms with Crippen LogP contribution in [-0.4, -0.2) is 22.5 Å². The quantitative estimate of drug-likeness (QED) is 0.674. The molecule has 0 aliphatic rings. The molecule has 0 radical (unpaired) electrons. The molecule has 0 amide bonds. The standard InChI is InChI=1S/C9H9N3O2/c1-14-8(13)7-6-4-2-3-5-12(6)9(10)11-7/h2-5H,1H3,(H2,10,11). The molecule has 0 spiro atoms. The lowest BCUT2D eigenvalue weighted by atomic mass is 10.3. The van der Waals surface area contributed by atoms with Gasteiger partial charge in [-0.05, 0) is 12.1 Å². The fraction of sp³-hybridized carbons (Fsp3) is 0.111. The summed E-state index contributed by atoms with van der Waals surface area (Å²) in [5, 5.41) is 0. The van der Waals surface area contributed by atoms with Crippen molar-refractivity contribution in [2.24, 2.45) is 0 Å². The number of aromatic nitrogens is 2. The minimum Gasteiger partial charge on any atom is -0.464 e. The Labute approximate surface area is 80.1 Å². The van der Waals surface area contributed by atoms with Crippen LogP contribution in [0.25, 0.3) is 5.52 Å². The average molecular weight is 191 g/mol. The summed E-state index contributed by atoms with van der Waals surface area (Å²) in [5.41, 5.74) is 6.50. The van der Waals surface area contributed by atoms with Gasteiger partial charge in [-0.25, -0.2) is 9.78 Å². The van der Waals surface area contributed by atoms with E-state index < -0.39 is 5.97 Å². The Hall–Kier alpha value is -2.04. The second-order valence-electron chi connectivity index (χ2n) is 2.77. The molecular weight excluding hydrogens is 182 g/mol. The second-order valence-corrected chi connectivity index (χ2v) is 2.77. The lowest BCUT2D eigenvalue weighted by Gasteiger charge is -1.95. The molecule has 0 aromatic carbocycles. The first kappa shape index (κ1) is 8.55. The minimum atomic E-state index is -0.481. The summed E-state index contributed by atoms with van der Waals surface area (Å²) in [6.07, 6.45) is 1.74. The summed E-state index contributed by atoms with van der Waals surface area (Å²) in [5.74, 6) is -0.202. The Morgan fingerprint density at radius 1 is 1.57 bits per heavy atom. The van der Waals surface area contributed by atoms with E-state index in [9.17, 15) is 4.79 Å². The fourth-order valence-electron chi connectivity index (χ4n) is 1.31. The predicted octanol–water partition coefficient (Wildman–Crippen LogP) is 0.703. The first-order valence-corrected chi connectivity index (χ1v) is 4.05. The van der Waals surface area contributed by atoms with Crippen molar-refractivity contribution in [1.82, 2.24) is 9.38 Å². The number of carbonyl (C=O) groups is 1. The third-order valence-electron chi connectivity index (χ3n) is 1.95. The minimum absolute atomic E-state index is 0.241. The van der Waals surface area contributed by atoms with Crippen molar-refractivity contribution in [1.29, 1.82) is 0 Å². The zero-order valence-electron chi connectivity index (χ0n) is 7.60. The van der Waals surface area contributed by atoms with Crippen molar-refractivity contribution in [2.75, 3.05) is 12.8 Å². The predicted molar refractivity (Wildman–Crippen MR) is 50.9 cm³/mol. The summed E-state index contributed by atoms with van der Waals surface area (Å²) in [6.45, 7) is 0. The van der Waals surface area contributed by atoms with Crippen molar-refractivity contribution in [3.05, 3.63) is 30.1 Å². The SMILES string of the molecule is COC(=O)c1nc(N)n2ccccc12. The molecule has 0 saturated carbocycles. The molecule has 0 saturated heterocycles. The highest BCUT2D eigenvalue weighted by Gasteiger charge is 2.15. The van der Waals surface area contributed by atoms with Crippen molar-refractivity contribution in [3.63, 3.8) is 0 Å². The molecule has 0 unspecified atom stereocenters. The van der Waals surface area contributed by atoms with Crippen LogP contribution in [0.15, 0.2) is 24.4 Å². The largest absolute Gasteiger partial charge is 0.464 e. The highest BCUT2D eigenvalue weighted by molar-refractivity contribution is 5.95. The average Bonchev–Trinajstić information content (AvgIpc) is 2.56. The number of nitrogen functional groups attached to an aromatic ring is 1. The number of hydrogen-bond donors (Lipinski definition) is 1. The molecule has 0 aliphatic heterocycles. The van der Waals surface area contributed by atoms with Crippen molar-refractivity contribution < 1.29 is 9.53 Å². The van der Waals surface area contributed by atoms with Gasteiger partial charge in [0.2, 0.25) is 5.95 Å². The molecule has 0 bridgehead atoms. The second kappa shape index (κ2) is 3.02. The molecule has 14 heavy (non-hydrogen) atoms. The van der Waals surface area contributed by atoms with E-state index in [1.54, 1.807) is 16.7 Å². The number of nitrogens with two attached hydrogens (primary N) is 1. The zero-order chi connectivity index (χ0) is 10.1. The van der Waals surface area contributed by atoms with Crippen LogP contribution in [0.2, 0.25) is 0 Å². The Balaban J connectivity index is 2.72. The molecule has 2 aromatic heterocycles. The van der Waals surface area contributed by atoms with Crippen LogP contribution in [0.4, 0.5) is 5.95 Å². The van der Waals surface area contributed by atoms with E-state index in [0.29, 0.717) is 5.52 Å². The highest BCUT2D eigenvalue weighted by Crippen LogP contribution is 2.14. The molecular formula is C9H9N3O2. The van der Waals surface area contributed by atoms with Gasteiger partial charge >= 0.3 is 5.97 Å². The first-order chi connectivity index (χ1) is 6.74.